The molecule has 0 aliphatic heterocycles. The van der Waals surface area contributed by atoms with Crippen LogP contribution in [0.15, 0.2) is 23.3 Å². The molecular weight excluding hydrogens is 256 g/mol. The lowest BCUT2D eigenvalue weighted by atomic mass is 9.68. The lowest BCUT2D eigenvalue weighted by Crippen LogP contribution is -2.37. The Hall–Kier alpha value is -0.560. The molecule has 0 bridgehead atoms. The summed E-state index contributed by atoms with van der Waals surface area (Å²) in [5.41, 5.74) is 2.91. The fourth-order valence-electron chi connectivity index (χ4n) is 4.52. The van der Waals surface area contributed by atoms with Gasteiger partial charge in [0.1, 0.15) is 0 Å². The standard InChI is InChI=1S/C20H34O/c1-15-7-6-8-16(2)11-13-20(5)14-12-17(19(3,4)21)18(20)10-9-15/h8-9,17-18,21H,6-7,10-14H2,1-5H3/b15-9-,16-8-/t17-,18-,20-/m0/s1. The van der Waals surface area contributed by atoms with E-state index in [0.29, 0.717) is 17.3 Å². The summed E-state index contributed by atoms with van der Waals surface area (Å²) in [4.78, 5) is 0. The van der Waals surface area contributed by atoms with E-state index in [-0.39, 0.29) is 0 Å². The second-order valence-corrected chi connectivity index (χ2v) is 8.43. The summed E-state index contributed by atoms with van der Waals surface area (Å²) in [7, 11) is 0. The van der Waals surface area contributed by atoms with Gasteiger partial charge in [0.2, 0.25) is 0 Å². The number of allylic oxidation sites excluding steroid dienone is 4. The Bertz CT molecular complexity index is 424. The van der Waals surface area contributed by atoms with Crippen molar-refractivity contribution in [2.45, 2.75) is 85.2 Å². The van der Waals surface area contributed by atoms with Crippen LogP contribution in [-0.2, 0) is 0 Å². The topological polar surface area (TPSA) is 20.2 Å². The van der Waals surface area contributed by atoms with Gasteiger partial charge < -0.3 is 5.11 Å². The van der Waals surface area contributed by atoms with Crippen molar-refractivity contribution < 1.29 is 5.11 Å². The van der Waals surface area contributed by atoms with Crippen LogP contribution in [0.1, 0.15) is 79.6 Å². The molecule has 0 radical (unpaired) electrons. The molecule has 1 saturated carbocycles. The molecule has 3 atom stereocenters. The molecule has 0 amide bonds. The molecule has 0 aromatic rings. The molecule has 1 heteroatoms. The number of fused-ring (bicyclic) bond motifs is 1. The minimum Gasteiger partial charge on any atom is -0.390 e. The van der Waals surface area contributed by atoms with Crippen molar-refractivity contribution in [2.24, 2.45) is 17.3 Å². The third kappa shape index (κ3) is 4.00. The van der Waals surface area contributed by atoms with Crippen LogP contribution < -0.4 is 0 Å². The molecular formula is C20H34O. The van der Waals surface area contributed by atoms with Gasteiger partial charge in [0.15, 0.2) is 0 Å². The maximum absolute atomic E-state index is 10.6. The number of aliphatic hydroxyl groups is 1. The summed E-state index contributed by atoms with van der Waals surface area (Å²) in [6.45, 7) is 11.0. The largest absolute Gasteiger partial charge is 0.390 e. The van der Waals surface area contributed by atoms with E-state index >= 15 is 0 Å². The molecule has 0 saturated heterocycles. The van der Waals surface area contributed by atoms with Gasteiger partial charge in [-0.05, 0) is 89.9 Å². The van der Waals surface area contributed by atoms with Crippen molar-refractivity contribution in [1.29, 1.82) is 0 Å². The monoisotopic (exact) mass is 290 g/mol. The van der Waals surface area contributed by atoms with Gasteiger partial charge in [0.25, 0.3) is 0 Å². The highest BCUT2D eigenvalue weighted by atomic mass is 16.3. The lowest BCUT2D eigenvalue weighted by Gasteiger charge is -2.38. The first kappa shape index (κ1) is 16.8. The summed E-state index contributed by atoms with van der Waals surface area (Å²) in [6, 6.07) is 0. The minimum absolute atomic E-state index is 0.390. The Balaban J connectivity index is 2.28. The van der Waals surface area contributed by atoms with Crippen LogP contribution in [0.25, 0.3) is 0 Å². The van der Waals surface area contributed by atoms with E-state index in [4.69, 9.17) is 0 Å². The van der Waals surface area contributed by atoms with Crippen LogP contribution in [0, 0.1) is 17.3 Å². The van der Waals surface area contributed by atoms with Crippen molar-refractivity contribution in [2.75, 3.05) is 0 Å². The van der Waals surface area contributed by atoms with Crippen molar-refractivity contribution in [1.82, 2.24) is 0 Å². The Morgan fingerprint density at radius 2 is 1.76 bits per heavy atom. The van der Waals surface area contributed by atoms with Gasteiger partial charge in [0, 0.05) is 0 Å². The fourth-order valence-corrected chi connectivity index (χ4v) is 4.52. The first-order valence-corrected chi connectivity index (χ1v) is 8.76. The van der Waals surface area contributed by atoms with Crippen molar-refractivity contribution in [3.8, 4) is 0 Å². The third-order valence-corrected chi connectivity index (χ3v) is 6.16. The second-order valence-electron chi connectivity index (χ2n) is 8.43. The SMILES string of the molecule is C/C1=C/C[C@H]2[C@@H](C(C)(C)O)CC[C@]2(C)CC/C(C)=C\CC1. The fraction of sp³-hybridized carbons (Fsp3) is 0.800. The van der Waals surface area contributed by atoms with E-state index in [2.05, 4.69) is 32.9 Å². The molecule has 1 N–H and O–H groups in total. The Morgan fingerprint density at radius 3 is 2.43 bits per heavy atom. The third-order valence-electron chi connectivity index (χ3n) is 6.16. The van der Waals surface area contributed by atoms with E-state index in [1.165, 1.54) is 44.1 Å². The zero-order valence-corrected chi connectivity index (χ0v) is 14.7. The van der Waals surface area contributed by atoms with Crippen molar-refractivity contribution in [3.63, 3.8) is 0 Å². The molecule has 0 spiro atoms. The Labute approximate surface area is 131 Å². The summed E-state index contributed by atoms with van der Waals surface area (Å²) in [5, 5.41) is 10.6. The molecule has 120 valence electrons. The van der Waals surface area contributed by atoms with Gasteiger partial charge in [-0.25, -0.2) is 0 Å². The average molecular weight is 290 g/mol. The van der Waals surface area contributed by atoms with Gasteiger partial charge in [-0.3, -0.25) is 0 Å². The molecule has 2 rings (SSSR count). The smallest absolute Gasteiger partial charge is 0.0622 e. The molecule has 0 aromatic heterocycles. The first-order chi connectivity index (χ1) is 9.72. The molecule has 1 fully saturated rings. The minimum atomic E-state index is -0.546. The summed E-state index contributed by atoms with van der Waals surface area (Å²) in [5.74, 6) is 1.06. The average Bonchev–Trinajstić information content (AvgIpc) is 2.70. The Morgan fingerprint density at radius 1 is 1.10 bits per heavy atom. The number of hydrogen-bond acceptors (Lipinski definition) is 1. The van der Waals surface area contributed by atoms with Gasteiger partial charge in [-0.15, -0.1) is 0 Å². The van der Waals surface area contributed by atoms with Gasteiger partial charge in [-0.1, -0.05) is 30.2 Å². The molecule has 1 nitrogen and oxygen atoms in total. The first-order valence-electron chi connectivity index (χ1n) is 8.76. The summed E-state index contributed by atoms with van der Waals surface area (Å²) >= 11 is 0. The van der Waals surface area contributed by atoms with E-state index in [1.54, 1.807) is 5.57 Å². The molecule has 2 aliphatic rings. The van der Waals surface area contributed by atoms with E-state index in [0.717, 1.165) is 6.42 Å². The molecule has 21 heavy (non-hydrogen) atoms. The predicted octanol–water partition coefficient (Wildman–Crippen LogP) is 5.65. The van der Waals surface area contributed by atoms with Gasteiger partial charge in [0.05, 0.1) is 5.60 Å². The highest BCUT2D eigenvalue weighted by Crippen LogP contribution is 2.55. The van der Waals surface area contributed by atoms with Gasteiger partial charge >= 0.3 is 0 Å². The van der Waals surface area contributed by atoms with Crippen molar-refractivity contribution in [3.05, 3.63) is 23.3 Å². The quantitative estimate of drug-likeness (QED) is 0.619. The van der Waals surface area contributed by atoms with Crippen LogP contribution >= 0.6 is 0 Å². The van der Waals surface area contributed by atoms with Crippen LogP contribution in [0.2, 0.25) is 0 Å². The van der Waals surface area contributed by atoms with Crippen molar-refractivity contribution >= 4 is 0 Å². The van der Waals surface area contributed by atoms with Gasteiger partial charge in [-0.2, -0.15) is 0 Å². The van der Waals surface area contributed by atoms with Crippen LogP contribution in [-0.4, -0.2) is 10.7 Å². The normalized spacial score (nSPS) is 40.5. The van der Waals surface area contributed by atoms with E-state index in [9.17, 15) is 5.11 Å². The zero-order valence-electron chi connectivity index (χ0n) is 14.7. The molecule has 0 aromatic carbocycles. The second kappa shape index (κ2) is 6.28. The Kier molecular flexibility index (Phi) is 5.03. The van der Waals surface area contributed by atoms with Crippen LogP contribution in [0.5, 0.6) is 0 Å². The number of hydrogen-bond donors (Lipinski definition) is 1. The number of rotatable bonds is 1. The highest BCUT2D eigenvalue weighted by molar-refractivity contribution is 5.10. The summed E-state index contributed by atoms with van der Waals surface area (Å²) < 4.78 is 0. The maximum Gasteiger partial charge on any atom is 0.0622 e. The van der Waals surface area contributed by atoms with E-state index < -0.39 is 5.60 Å². The van der Waals surface area contributed by atoms with Crippen LogP contribution in [0.4, 0.5) is 0 Å². The zero-order chi connectivity index (χ0) is 15.7. The highest BCUT2D eigenvalue weighted by Gasteiger charge is 2.48. The summed E-state index contributed by atoms with van der Waals surface area (Å²) in [6.07, 6.45) is 13.4. The predicted molar refractivity (Wildman–Crippen MR) is 91.2 cm³/mol. The lowest BCUT2D eigenvalue weighted by molar-refractivity contribution is -0.0146. The van der Waals surface area contributed by atoms with Crippen LogP contribution in [0.3, 0.4) is 0 Å². The molecule has 2 aliphatic carbocycles. The van der Waals surface area contributed by atoms with E-state index in [1.807, 2.05) is 13.8 Å². The maximum atomic E-state index is 10.6. The molecule has 0 unspecified atom stereocenters. The molecule has 0 heterocycles.